The van der Waals surface area contributed by atoms with Gasteiger partial charge in [-0.05, 0) is 25.5 Å². The first-order chi connectivity index (χ1) is 10.8. The summed E-state index contributed by atoms with van der Waals surface area (Å²) in [4.78, 5) is 6.15. The Labute approximate surface area is 135 Å². The van der Waals surface area contributed by atoms with E-state index in [4.69, 9.17) is 14.5 Å². The molecule has 4 nitrogen and oxygen atoms in total. The molecule has 3 rings (SSSR count). The standard InChI is InChI=1S/C17H22N2O2S/c1-2-20-13-5-3-6-14(11-13)21-10-4-7-17-19-15-8-9-18-12-16(15)22-17/h3,5-6,11,18H,2,4,7-10,12H2,1H3. The summed E-state index contributed by atoms with van der Waals surface area (Å²) in [7, 11) is 0. The fraction of sp³-hybridized carbons (Fsp3) is 0.471. The molecular weight excluding hydrogens is 296 g/mol. The maximum Gasteiger partial charge on any atom is 0.122 e. The third-order valence-corrected chi connectivity index (χ3v) is 4.72. The van der Waals surface area contributed by atoms with Gasteiger partial charge in [-0.15, -0.1) is 11.3 Å². The zero-order chi connectivity index (χ0) is 15.2. The van der Waals surface area contributed by atoms with Crippen LogP contribution < -0.4 is 14.8 Å². The quantitative estimate of drug-likeness (QED) is 0.796. The van der Waals surface area contributed by atoms with Crippen molar-refractivity contribution < 1.29 is 9.47 Å². The minimum atomic E-state index is 0.674. The van der Waals surface area contributed by atoms with E-state index in [0.29, 0.717) is 13.2 Å². The molecule has 0 unspecified atom stereocenters. The second-order valence-electron chi connectivity index (χ2n) is 5.26. The first-order valence-corrected chi connectivity index (χ1v) is 8.70. The van der Waals surface area contributed by atoms with Gasteiger partial charge in [-0.1, -0.05) is 6.07 Å². The smallest absolute Gasteiger partial charge is 0.122 e. The topological polar surface area (TPSA) is 43.4 Å². The molecule has 22 heavy (non-hydrogen) atoms. The van der Waals surface area contributed by atoms with Crippen molar-refractivity contribution in [3.05, 3.63) is 39.8 Å². The van der Waals surface area contributed by atoms with Crippen LogP contribution in [-0.4, -0.2) is 24.7 Å². The van der Waals surface area contributed by atoms with Crippen LogP contribution in [0.4, 0.5) is 0 Å². The van der Waals surface area contributed by atoms with Gasteiger partial charge < -0.3 is 14.8 Å². The third-order valence-electron chi connectivity index (χ3n) is 3.57. The van der Waals surface area contributed by atoms with Crippen molar-refractivity contribution in [3.63, 3.8) is 0 Å². The van der Waals surface area contributed by atoms with Crippen LogP contribution in [0.2, 0.25) is 0 Å². The molecule has 2 aromatic rings. The molecule has 0 fully saturated rings. The van der Waals surface area contributed by atoms with Gasteiger partial charge in [0, 0.05) is 36.9 Å². The van der Waals surface area contributed by atoms with Gasteiger partial charge in [0.25, 0.3) is 0 Å². The lowest BCUT2D eigenvalue weighted by Gasteiger charge is -2.09. The third kappa shape index (κ3) is 3.99. The van der Waals surface area contributed by atoms with Crippen LogP contribution in [-0.2, 0) is 19.4 Å². The highest BCUT2D eigenvalue weighted by Crippen LogP contribution is 2.23. The van der Waals surface area contributed by atoms with Gasteiger partial charge in [-0.25, -0.2) is 4.98 Å². The largest absolute Gasteiger partial charge is 0.494 e. The molecule has 1 aliphatic heterocycles. The number of aromatic nitrogens is 1. The van der Waals surface area contributed by atoms with Crippen molar-refractivity contribution in [2.75, 3.05) is 19.8 Å². The molecule has 1 aromatic heterocycles. The van der Waals surface area contributed by atoms with Crippen LogP contribution in [0, 0.1) is 0 Å². The van der Waals surface area contributed by atoms with Gasteiger partial charge in [0.1, 0.15) is 11.5 Å². The first kappa shape index (κ1) is 15.3. The summed E-state index contributed by atoms with van der Waals surface area (Å²) >= 11 is 1.84. The van der Waals surface area contributed by atoms with E-state index in [2.05, 4.69) is 5.32 Å². The van der Waals surface area contributed by atoms with Gasteiger partial charge >= 0.3 is 0 Å². The number of hydrogen-bond acceptors (Lipinski definition) is 5. The van der Waals surface area contributed by atoms with E-state index in [-0.39, 0.29) is 0 Å². The van der Waals surface area contributed by atoms with Crippen molar-refractivity contribution in [1.29, 1.82) is 0 Å². The van der Waals surface area contributed by atoms with Gasteiger partial charge in [0.15, 0.2) is 0 Å². The van der Waals surface area contributed by atoms with Crippen LogP contribution in [0.1, 0.15) is 28.9 Å². The van der Waals surface area contributed by atoms with Gasteiger partial charge in [0.2, 0.25) is 0 Å². The number of fused-ring (bicyclic) bond motifs is 1. The number of ether oxygens (including phenoxy) is 2. The first-order valence-electron chi connectivity index (χ1n) is 7.89. The van der Waals surface area contributed by atoms with E-state index in [1.165, 1.54) is 15.6 Å². The Balaban J connectivity index is 1.45. The molecule has 0 bridgehead atoms. The lowest BCUT2D eigenvalue weighted by Crippen LogP contribution is -2.22. The predicted octanol–water partition coefficient (Wildman–Crippen LogP) is 3.20. The molecule has 0 atom stereocenters. The average molecular weight is 318 g/mol. The fourth-order valence-corrected chi connectivity index (χ4v) is 3.65. The highest BCUT2D eigenvalue weighted by Gasteiger charge is 2.14. The Morgan fingerprint density at radius 2 is 2.14 bits per heavy atom. The fourth-order valence-electron chi connectivity index (χ4n) is 2.52. The summed E-state index contributed by atoms with van der Waals surface area (Å²) in [6.07, 6.45) is 3.04. The van der Waals surface area contributed by atoms with Gasteiger partial charge in [-0.3, -0.25) is 0 Å². The van der Waals surface area contributed by atoms with Crippen molar-refractivity contribution in [1.82, 2.24) is 10.3 Å². The molecule has 0 spiro atoms. The lowest BCUT2D eigenvalue weighted by molar-refractivity contribution is 0.304. The van der Waals surface area contributed by atoms with Crippen LogP contribution in [0.5, 0.6) is 11.5 Å². The summed E-state index contributed by atoms with van der Waals surface area (Å²) < 4.78 is 11.3. The molecule has 1 N–H and O–H groups in total. The van der Waals surface area contributed by atoms with Gasteiger partial charge in [0.05, 0.1) is 23.9 Å². The van der Waals surface area contributed by atoms with E-state index in [1.54, 1.807) is 0 Å². The lowest BCUT2D eigenvalue weighted by atomic mass is 10.2. The number of nitrogens with zero attached hydrogens (tertiary/aromatic N) is 1. The number of aryl methyl sites for hydroxylation is 1. The number of hydrogen-bond donors (Lipinski definition) is 1. The van der Waals surface area contributed by atoms with Crippen LogP contribution in [0.3, 0.4) is 0 Å². The Morgan fingerprint density at radius 3 is 2.95 bits per heavy atom. The van der Waals surface area contributed by atoms with E-state index >= 15 is 0 Å². The van der Waals surface area contributed by atoms with Crippen LogP contribution in [0.25, 0.3) is 0 Å². The Kier molecular flexibility index (Phi) is 5.29. The summed E-state index contributed by atoms with van der Waals surface area (Å²) in [5.74, 6) is 1.73. The summed E-state index contributed by atoms with van der Waals surface area (Å²) in [5.41, 5.74) is 1.30. The van der Waals surface area contributed by atoms with E-state index in [9.17, 15) is 0 Å². The zero-order valence-corrected chi connectivity index (χ0v) is 13.7. The maximum absolute atomic E-state index is 5.80. The molecule has 0 saturated carbocycles. The average Bonchev–Trinajstić information content (AvgIpc) is 2.95. The monoisotopic (exact) mass is 318 g/mol. The highest BCUT2D eigenvalue weighted by molar-refractivity contribution is 7.11. The molecule has 0 aliphatic carbocycles. The molecule has 0 amide bonds. The van der Waals surface area contributed by atoms with Crippen LogP contribution in [0.15, 0.2) is 24.3 Å². The summed E-state index contributed by atoms with van der Waals surface area (Å²) in [5, 5.41) is 4.63. The molecule has 118 valence electrons. The normalized spacial score (nSPS) is 13.7. The Hall–Kier alpha value is -1.59. The maximum atomic E-state index is 5.80. The highest BCUT2D eigenvalue weighted by atomic mass is 32.1. The minimum Gasteiger partial charge on any atom is -0.494 e. The van der Waals surface area contributed by atoms with Crippen molar-refractivity contribution in [2.24, 2.45) is 0 Å². The van der Waals surface area contributed by atoms with E-state index in [1.807, 2.05) is 42.5 Å². The van der Waals surface area contributed by atoms with Crippen molar-refractivity contribution in [2.45, 2.75) is 32.7 Å². The molecule has 0 radical (unpaired) electrons. The Morgan fingerprint density at radius 1 is 1.27 bits per heavy atom. The van der Waals surface area contributed by atoms with E-state index < -0.39 is 0 Å². The predicted molar refractivity (Wildman–Crippen MR) is 89.0 cm³/mol. The van der Waals surface area contributed by atoms with Crippen molar-refractivity contribution >= 4 is 11.3 Å². The number of nitrogens with one attached hydrogen (secondary N) is 1. The second-order valence-corrected chi connectivity index (χ2v) is 6.43. The number of benzene rings is 1. The van der Waals surface area contributed by atoms with Gasteiger partial charge in [-0.2, -0.15) is 0 Å². The van der Waals surface area contributed by atoms with Crippen LogP contribution >= 0.6 is 11.3 Å². The van der Waals surface area contributed by atoms with E-state index in [0.717, 1.165) is 43.9 Å². The van der Waals surface area contributed by atoms with Crippen molar-refractivity contribution in [3.8, 4) is 11.5 Å². The molecule has 1 aliphatic rings. The molecule has 0 saturated heterocycles. The molecule has 5 heteroatoms. The number of rotatable bonds is 7. The summed E-state index contributed by atoms with van der Waals surface area (Å²) in [6.45, 7) is 5.39. The molecular formula is C17H22N2O2S. The summed E-state index contributed by atoms with van der Waals surface area (Å²) in [6, 6.07) is 7.82. The Bertz CT molecular complexity index is 589. The minimum absolute atomic E-state index is 0.674. The molecule has 1 aromatic carbocycles. The zero-order valence-electron chi connectivity index (χ0n) is 12.9. The SMILES string of the molecule is CCOc1cccc(OCCCc2nc3c(s2)CNCC3)c1. The molecule has 2 heterocycles. The second kappa shape index (κ2) is 7.61. The number of thiazole rings is 1.